The largest absolute Gasteiger partial charge is 0.554 e. The highest BCUT2D eigenvalue weighted by atomic mass is 16.3. The van der Waals surface area contributed by atoms with E-state index in [-0.39, 0.29) is 11.2 Å². The minimum absolute atomic E-state index is 0.246. The van der Waals surface area contributed by atoms with Crippen molar-refractivity contribution < 1.29 is 19.7 Å². The Balaban J connectivity index is 0.000000673. The van der Waals surface area contributed by atoms with Crippen molar-refractivity contribution in [3.05, 3.63) is 30.1 Å². The number of hydrogen-bond acceptors (Lipinski definition) is 3. The lowest BCUT2D eigenvalue weighted by Gasteiger charge is -2.14. The number of pyridine rings is 1. The number of carbonyl (C=O) groups excluding carboxylic acids is 2. The summed E-state index contributed by atoms with van der Waals surface area (Å²) >= 11 is 0. The third kappa shape index (κ3) is 5.90. The van der Waals surface area contributed by atoms with Gasteiger partial charge in [0.25, 0.3) is 0 Å². The average Bonchev–Trinajstić information content (AvgIpc) is 2.19. The van der Waals surface area contributed by atoms with Crippen molar-refractivity contribution >= 4 is 12.3 Å². The highest BCUT2D eigenvalue weighted by Gasteiger charge is 2.22. The van der Waals surface area contributed by atoms with Crippen molar-refractivity contribution in [3.8, 4) is 0 Å². The molecule has 0 spiro atoms. The molecule has 0 saturated heterocycles. The highest BCUT2D eigenvalue weighted by Crippen LogP contribution is 2.16. The number of H-pyrrole nitrogens is 1. The number of carbonyl (C=O) groups is 2. The van der Waals surface area contributed by atoms with Crippen molar-refractivity contribution in [1.82, 2.24) is 0 Å². The molecule has 0 unspecified atom stereocenters. The number of ketones is 1. The Morgan fingerprint density at radius 1 is 1.44 bits per heavy atom. The summed E-state index contributed by atoms with van der Waals surface area (Å²) in [5.74, 6) is 0.259. The number of hydrogen-bond donors (Lipinski definition) is 0. The Kier molecular flexibility index (Phi) is 6.00. The molecule has 4 heteroatoms. The third-order valence-corrected chi connectivity index (χ3v) is 1.96. The molecule has 0 atom stereocenters. The van der Waals surface area contributed by atoms with Crippen LogP contribution in [0.2, 0.25) is 0 Å². The van der Waals surface area contributed by atoms with Crippen molar-refractivity contribution in [2.45, 2.75) is 27.2 Å². The average molecular weight is 223 g/mol. The Hall–Kier alpha value is -1.71. The summed E-state index contributed by atoms with van der Waals surface area (Å²) in [7, 11) is 0. The monoisotopic (exact) mass is 223 g/mol. The molecular formula is C12H17NO3. The normalized spacial score (nSPS) is 9.94. The lowest BCUT2D eigenvalue weighted by molar-refractivity contribution is -0.389. The molecule has 1 aromatic heterocycles. The first-order valence-electron chi connectivity index (χ1n) is 4.96. The molecule has 1 N–H and O–H groups in total. The summed E-state index contributed by atoms with van der Waals surface area (Å²) in [6.07, 6.45) is 2.33. The van der Waals surface area contributed by atoms with Gasteiger partial charge in [-0.25, -0.2) is 4.98 Å². The van der Waals surface area contributed by atoms with E-state index >= 15 is 0 Å². The molecule has 0 radical (unpaired) electrons. The zero-order chi connectivity index (χ0) is 12.6. The molecule has 1 aromatic rings. The van der Waals surface area contributed by atoms with E-state index in [0.29, 0.717) is 6.42 Å². The molecule has 0 fully saturated rings. The van der Waals surface area contributed by atoms with E-state index in [4.69, 9.17) is 9.90 Å². The second-order valence-electron chi connectivity index (χ2n) is 4.33. The van der Waals surface area contributed by atoms with Crippen molar-refractivity contribution in [2.75, 3.05) is 0 Å². The lowest BCUT2D eigenvalue weighted by Crippen LogP contribution is -2.25. The number of carboxylic acid groups (broad SMARTS) is 1. The van der Waals surface area contributed by atoms with E-state index in [9.17, 15) is 4.79 Å². The molecule has 0 aliphatic heterocycles. The molecule has 0 bridgehead atoms. The fourth-order valence-electron chi connectivity index (χ4n) is 0.979. The molecule has 0 aliphatic rings. The van der Waals surface area contributed by atoms with Gasteiger partial charge in [0.05, 0.1) is 6.42 Å². The van der Waals surface area contributed by atoms with Crippen molar-refractivity contribution in [3.63, 3.8) is 0 Å². The number of nitrogens with one attached hydrogen (secondary N) is 1. The summed E-state index contributed by atoms with van der Waals surface area (Å²) in [4.78, 5) is 22.9. The number of aromatic nitrogens is 1. The molecule has 1 rings (SSSR count). The summed E-state index contributed by atoms with van der Waals surface area (Å²) in [6.45, 7) is 5.33. The van der Waals surface area contributed by atoms with Crippen LogP contribution in [0.1, 0.15) is 26.5 Å². The Bertz CT molecular complexity index is 328. The van der Waals surface area contributed by atoms with E-state index < -0.39 is 6.47 Å². The maximum Gasteiger partial charge on any atom is 0.187 e. The van der Waals surface area contributed by atoms with Crippen LogP contribution < -0.4 is 10.1 Å². The Morgan fingerprint density at radius 3 is 2.38 bits per heavy atom. The molecule has 4 nitrogen and oxygen atoms in total. The standard InChI is InChI=1S/C11H15NO.CH2O2/c1-11(2,3)10(13)8-9-6-4-5-7-12-9;2-1-3/h4-7H,8H2,1-3H3;1H,(H,2,3). The smallest absolute Gasteiger partial charge is 0.187 e. The fourth-order valence-corrected chi connectivity index (χ4v) is 0.979. The van der Waals surface area contributed by atoms with Crippen molar-refractivity contribution in [1.29, 1.82) is 0 Å². The molecule has 0 saturated carbocycles. The summed E-state index contributed by atoms with van der Waals surface area (Å²) in [6, 6.07) is 5.77. The number of rotatable bonds is 2. The predicted octanol–water partition coefficient (Wildman–Crippen LogP) is 0.0245. The van der Waals surface area contributed by atoms with Gasteiger partial charge in [-0.15, -0.1) is 0 Å². The predicted molar refractivity (Wildman–Crippen MR) is 57.2 cm³/mol. The summed E-state index contributed by atoms with van der Waals surface area (Å²) in [5.41, 5.74) is 0.728. The number of aromatic amines is 1. The number of Topliss-reactive ketones (excluding diaryl/α,β-unsaturated/α-hetero) is 1. The zero-order valence-corrected chi connectivity index (χ0v) is 9.82. The summed E-state index contributed by atoms with van der Waals surface area (Å²) in [5, 5.41) is 8.25. The first kappa shape index (κ1) is 14.3. The van der Waals surface area contributed by atoms with Crippen molar-refractivity contribution in [2.24, 2.45) is 5.41 Å². The van der Waals surface area contributed by atoms with E-state index in [1.165, 1.54) is 0 Å². The van der Waals surface area contributed by atoms with Crippen LogP contribution in [-0.4, -0.2) is 12.3 Å². The molecular weight excluding hydrogens is 206 g/mol. The second kappa shape index (κ2) is 6.71. The van der Waals surface area contributed by atoms with Gasteiger partial charge in [-0.2, -0.15) is 0 Å². The third-order valence-electron chi connectivity index (χ3n) is 1.96. The van der Waals surface area contributed by atoms with E-state index in [0.717, 1.165) is 5.69 Å². The van der Waals surface area contributed by atoms with Gasteiger partial charge >= 0.3 is 0 Å². The Morgan fingerprint density at radius 2 is 2.00 bits per heavy atom. The second-order valence-corrected chi connectivity index (χ2v) is 4.33. The Labute approximate surface area is 95.3 Å². The van der Waals surface area contributed by atoms with Crippen LogP contribution in [0.25, 0.3) is 0 Å². The van der Waals surface area contributed by atoms with Crippen LogP contribution in [0.15, 0.2) is 24.4 Å². The van der Waals surface area contributed by atoms with Gasteiger partial charge < -0.3 is 9.90 Å². The van der Waals surface area contributed by atoms with E-state index in [1.807, 2.05) is 45.2 Å². The quantitative estimate of drug-likeness (QED) is 0.664. The van der Waals surface area contributed by atoms with Crippen LogP contribution in [-0.2, 0) is 16.0 Å². The van der Waals surface area contributed by atoms with E-state index in [2.05, 4.69) is 4.98 Å². The molecule has 0 aliphatic carbocycles. The SMILES string of the molecule is CC(C)(C)C(=O)Cc1cccc[nH+]1.O=C[O-]. The minimum Gasteiger partial charge on any atom is -0.554 e. The van der Waals surface area contributed by atoms with Crippen LogP contribution in [0.5, 0.6) is 0 Å². The fraction of sp³-hybridized carbons (Fsp3) is 0.417. The first-order chi connectivity index (χ1) is 7.41. The van der Waals surface area contributed by atoms with Gasteiger partial charge in [0.15, 0.2) is 11.9 Å². The van der Waals surface area contributed by atoms with Gasteiger partial charge in [0, 0.05) is 24.0 Å². The summed E-state index contributed by atoms with van der Waals surface area (Å²) < 4.78 is 0. The van der Waals surface area contributed by atoms with Gasteiger partial charge in [-0.3, -0.25) is 4.79 Å². The lowest BCUT2D eigenvalue weighted by atomic mass is 9.88. The van der Waals surface area contributed by atoms with Gasteiger partial charge in [-0.1, -0.05) is 26.8 Å². The topological polar surface area (TPSA) is 71.3 Å². The maximum absolute atomic E-state index is 11.6. The van der Waals surface area contributed by atoms with Gasteiger partial charge in [0.1, 0.15) is 5.78 Å². The molecule has 0 aromatic carbocycles. The van der Waals surface area contributed by atoms with Crippen LogP contribution >= 0.6 is 0 Å². The minimum atomic E-state index is -0.500. The van der Waals surface area contributed by atoms with E-state index in [1.54, 1.807) is 0 Å². The highest BCUT2D eigenvalue weighted by molar-refractivity contribution is 5.85. The van der Waals surface area contributed by atoms with Gasteiger partial charge in [-0.05, 0) is 0 Å². The first-order valence-corrected chi connectivity index (χ1v) is 4.96. The van der Waals surface area contributed by atoms with Gasteiger partial charge in [0.2, 0.25) is 0 Å². The maximum atomic E-state index is 11.6. The van der Waals surface area contributed by atoms with Crippen LogP contribution in [0, 0.1) is 5.41 Å². The molecule has 0 amide bonds. The molecule has 16 heavy (non-hydrogen) atoms. The van der Waals surface area contributed by atoms with Crippen LogP contribution in [0.4, 0.5) is 0 Å². The zero-order valence-electron chi connectivity index (χ0n) is 9.82. The molecule has 88 valence electrons. The van der Waals surface area contributed by atoms with Crippen LogP contribution in [0.3, 0.4) is 0 Å². The molecule has 1 heterocycles.